The number of likely N-dealkylation sites (tertiary alicyclic amines) is 1. The molecular weight excluding hydrogens is 1310 g/mol. The van der Waals surface area contributed by atoms with Crippen LogP contribution in [0.15, 0.2) is 28.9 Å². The molecule has 28 nitrogen and oxygen atoms in total. The fourth-order valence-electron chi connectivity index (χ4n) is 13.3. The van der Waals surface area contributed by atoms with Gasteiger partial charge in [0.2, 0.25) is 41.4 Å². The molecule has 1 aromatic rings. The van der Waals surface area contributed by atoms with Crippen LogP contribution in [-0.4, -0.2) is 230 Å². The van der Waals surface area contributed by atoms with Gasteiger partial charge in [-0.15, -0.1) is 0 Å². The van der Waals surface area contributed by atoms with E-state index in [2.05, 4.69) is 55.8 Å². The topological polar surface area (TPSA) is 361 Å². The highest BCUT2D eigenvalue weighted by Crippen LogP contribution is 2.37. The quantitative estimate of drug-likeness (QED) is 0.0161. The SMILES string of the molecule is CCCC1SCc2nn(CCOCCOCCC(=O)N[C@H](C(=O)N[C@@H](CCCNC(N)=O)C(=O)NC3C=CC(C[C@@H](CN=[N+]=[N-])NC(=O)[C@H](C)[C@@H](OC)[C@@H]4CCCN4C(=O)C[C@@H](OC)[C@H]([C@@H](C)CC)N(C)C(=O)[C@@H](NC(=O)[C@H](C(C)C)N(C)C)C(C)C)=CC3)C(C)C)nc2CSC1CC. The van der Waals surface area contributed by atoms with E-state index in [1.165, 1.54) is 27.1 Å². The number of urea groups is 1. The van der Waals surface area contributed by atoms with Crippen LogP contribution in [-0.2, 0) is 70.6 Å². The first-order valence-electron chi connectivity index (χ1n) is 35.7. The zero-order valence-corrected chi connectivity index (χ0v) is 63.6. The minimum Gasteiger partial charge on any atom is -0.379 e. The van der Waals surface area contributed by atoms with E-state index >= 15 is 0 Å². The van der Waals surface area contributed by atoms with Gasteiger partial charge in [-0.25, -0.2) is 4.79 Å². The summed E-state index contributed by atoms with van der Waals surface area (Å²) in [7, 11) is 8.43. The van der Waals surface area contributed by atoms with Gasteiger partial charge in [-0.2, -0.15) is 38.5 Å². The average Bonchev–Trinajstić information content (AvgIpc) is 1.77. The molecule has 0 bridgehead atoms. The van der Waals surface area contributed by atoms with Gasteiger partial charge in [-0.05, 0) is 94.7 Å². The van der Waals surface area contributed by atoms with E-state index in [-0.39, 0.29) is 99.3 Å². The van der Waals surface area contributed by atoms with Gasteiger partial charge in [-0.3, -0.25) is 38.5 Å². The van der Waals surface area contributed by atoms with Crippen molar-refractivity contribution in [3.8, 4) is 0 Å². The first kappa shape index (κ1) is 85.4. The lowest BCUT2D eigenvalue weighted by Crippen LogP contribution is -2.59. The third-order valence-corrected chi connectivity index (χ3v) is 22.0. The van der Waals surface area contributed by atoms with Crippen molar-refractivity contribution in [3.05, 3.63) is 45.6 Å². The largest absolute Gasteiger partial charge is 0.379 e. The Bertz CT molecular complexity index is 2830. The van der Waals surface area contributed by atoms with Gasteiger partial charge in [0, 0.05) is 80.3 Å². The molecule has 9 amide bonds. The zero-order valence-electron chi connectivity index (χ0n) is 61.9. The van der Waals surface area contributed by atoms with Crippen LogP contribution in [0, 0.1) is 29.6 Å². The van der Waals surface area contributed by atoms with Gasteiger partial charge in [0.25, 0.3) is 0 Å². The van der Waals surface area contributed by atoms with E-state index < -0.39 is 90.2 Å². The van der Waals surface area contributed by atoms with Crippen molar-refractivity contribution in [1.82, 2.24) is 61.6 Å². The van der Waals surface area contributed by atoms with Crippen LogP contribution in [0.5, 0.6) is 0 Å². The van der Waals surface area contributed by atoms with Crippen molar-refractivity contribution in [3.63, 3.8) is 0 Å². The Morgan fingerprint density at radius 3 is 2.04 bits per heavy atom. The maximum atomic E-state index is 14.6. The summed E-state index contributed by atoms with van der Waals surface area (Å²) in [6.07, 6.45) is 10.5. The Morgan fingerprint density at radius 1 is 0.808 bits per heavy atom. The van der Waals surface area contributed by atoms with Crippen LogP contribution in [0.3, 0.4) is 0 Å². The molecule has 3 unspecified atom stereocenters. The third kappa shape index (κ3) is 27.4. The standard InChI is InChI=1S/C69H120N16O12S2/c1-17-22-56-55(19-3)98-40-51-52(41-99-56)80-85(79-51)32-34-97-36-35-96-33-29-57(86)77-59(42(4)5)66(90)76-50(23-20-30-72-69(70)93)65(89)74-48-27-25-47(26-28-48)37-49(39-73-81-71)75-64(88)46(11)63(95-16)53-24-21-31-84(53)58(87)38-54(94-15)62(45(10)18-2)83(14)68(92)60(43(6)7)78-67(91)61(44(8)9)82(12)13/h25-27,42-46,48-50,53-56,59-63H,17-24,28-41H2,1-16H3,(H,74,89)(H,75,88)(H,76,90)(H,77,86)(H,78,91)(H3,70,72,93)/t45-,46+,48?,49-,50-,53-,54+,55?,56?,59-,60-,61-,62-,63+/m0/s1. The van der Waals surface area contributed by atoms with E-state index in [0.29, 0.717) is 68.9 Å². The van der Waals surface area contributed by atoms with Crippen LogP contribution >= 0.6 is 23.5 Å². The minimum atomic E-state index is -1.05. The number of amides is 9. The molecule has 4 rings (SSSR count). The van der Waals surface area contributed by atoms with Gasteiger partial charge < -0.3 is 66.4 Å². The molecule has 0 spiro atoms. The second-order valence-electron chi connectivity index (χ2n) is 27.6. The molecule has 99 heavy (non-hydrogen) atoms. The summed E-state index contributed by atoms with van der Waals surface area (Å²) in [6, 6.07) is -6.18. The summed E-state index contributed by atoms with van der Waals surface area (Å²) >= 11 is 3.96. The molecule has 0 radical (unpaired) electrons. The highest BCUT2D eigenvalue weighted by molar-refractivity contribution is 8.03. The third-order valence-electron chi connectivity index (χ3n) is 18.9. The van der Waals surface area contributed by atoms with Crippen LogP contribution in [0.2, 0.25) is 0 Å². The molecule has 30 heteroatoms. The Morgan fingerprint density at radius 2 is 1.47 bits per heavy atom. The van der Waals surface area contributed by atoms with E-state index in [4.69, 9.17) is 34.9 Å². The second-order valence-corrected chi connectivity index (χ2v) is 30.1. The van der Waals surface area contributed by atoms with Crippen LogP contribution in [0.1, 0.15) is 165 Å². The molecule has 0 saturated carbocycles. The number of methoxy groups -OCH3 is 2. The average molecular weight is 1430 g/mol. The van der Waals surface area contributed by atoms with E-state index in [9.17, 15) is 43.9 Å². The van der Waals surface area contributed by atoms with Crippen molar-refractivity contribution >= 4 is 70.9 Å². The van der Waals surface area contributed by atoms with Crippen molar-refractivity contribution in [1.29, 1.82) is 0 Å². The number of allylic oxidation sites excluding steroid dienone is 1. The summed E-state index contributed by atoms with van der Waals surface area (Å²) in [5, 5.41) is 31.8. The van der Waals surface area contributed by atoms with E-state index in [1.54, 1.807) is 48.5 Å². The molecular formula is C69H120N16O12S2. The summed E-state index contributed by atoms with van der Waals surface area (Å²) in [4.78, 5) is 120. The number of carbonyl (C=O) groups is 8. The Labute approximate surface area is 596 Å². The number of hydrogen-bond acceptors (Lipinski definition) is 18. The highest BCUT2D eigenvalue weighted by atomic mass is 32.2. The number of aromatic nitrogens is 3. The molecule has 1 aromatic heterocycles. The first-order valence-corrected chi connectivity index (χ1v) is 37.8. The number of thioether (sulfide) groups is 2. The van der Waals surface area contributed by atoms with E-state index in [1.807, 2.05) is 96.2 Å². The minimum absolute atomic E-state index is 0.000901. The molecule has 2 aliphatic heterocycles. The Balaban J connectivity index is 1.32. The normalized spacial score (nSPS) is 20.1. The van der Waals surface area contributed by atoms with Crippen LogP contribution < -0.4 is 37.6 Å². The molecule has 3 heterocycles. The highest BCUT2D eigenvalue weighted by Gasteiger charge is 2.44. The predicted octanol–water partition coefficient (Wildman–Crippen LogP) is 6.41. The number of rotatable bonds is 44. The van der Waals surface area contributed by atoms with Crippen molar-refractivity contribution in [2.75, 3.05) is 81.4 Å². The lowest BCUT2D eigenvalue weighted by atomic mass is 9.89. The van der Waals surface area contributed by atoms with Gasteiger partial charge >= 0.3 is 6.03 Å². The van der Waals surface area contributed by atoms with Crippen LogP contribution in [0.4, 0.5) is 4.79 Å². The number of nitrogens with one attached hydrogen (secondary N) is 6. The lowest BCUT2D eigenvalue weighted by molar-refractivity contribution is -0.148. The van der Waals surface area contributed by atoms with Gasteiger partial charge in [0.1, 0.15) is 18.1 Å². The number of primary amides is 1. The predicted molar refractivity (Wildman–Crippen MR) is 387 cm³/mol. The Kier molecular flexibility index (Phi) is 38.3. The number of ether oxygens (including phenoxy) is 4. The number of carbonyl (C=O) groups excluding carboxylic acids is 8. The van der Waals surface area contributed by atoms with Gasteiger partial charge in [0.15, 0.2) is 0 Å². The van der Waals surface area contributed by atoms with Crippen molar-refractivity contribution in [2.45, 2.75) is 242 Å². The van der Waals surface area contributed by atoms with Crippen molar-refractivity contribution < 1.29 is 57.3 Å². The number of nitrogens with zero attached hydrogens (tertiary/aromatic N) is 9. The second kappa shape index (κ2) is 44.4. The molecule has 1 fully saturated rings. The van der Waals surface area contributed by atoms with Crippen LogP contribution in [0.25, 0.3) is 10.4 Å². The smallest absolute Gasteiger partial charge is 0.312 e. The number of fused-ring (bicyclic) bond motifs is 1. The van der Waals surface area contributed by atoms with Crippen molar-refractivity contribution in [2.24, 2.45) is 40.4 Å². The van der Waals surface area contributed by atoms with Gasteiger partial charge in [-0.1, -0.05) is 118 Å². The maximum absolute atomic E-state index is 14.6. The van der Waals surface area contributed by atoms with Gasteiger partial charge in [0.05, 0.1) is 93.1 Å². The fourth-order valence-corrected chi connectivity index (χ4v) is 16.3. The molecule has 1 saturated heterocycles. The molecule has 0 aromatic carbocycles. The maximum Gasteiger partial charge on any atom is 0.312 e. The zero-order chi connectivity index (χ0) is 73.5. The monoisotopic (exact) mass is 1430 g/mol. The molecule has 1 aliphatic carbocycles. The number of hydrogen-bond donors (Lipinski definition) is 7. The van der Waals surface area contributed by atoms with E-state index in [0.717, 1.165) is 34.9 Å². The fraction of sp³-hybridized carbons (Fsp3) is 0.797. The summed E-state index contributed by atoms with van der Waals surface area (Å²) < 4.78 is 23.7. The summed E-state index contributed by atoms with van der Waals surface area (Å²) in [5.41, 5.74) is 17.6. The molecule has 8 N–H and O–H groups in total. The lowest BCUT2D eigenvalue weighted by Gasteiger charge is -2.41. The summed E-state index contributed by atoms with van der Waals surface area (Å²) in [5.74, 6) is -2.29. The number of azide groups is 1. The molecule has 3 aliphatic rings. The summed E-state index contributed by atoms with van der Waals surface area (Å²) in [6.45, 7) is 23.6. The number of likely N-dealkylation sites (N-methyl/N-ethyl adjacent to an activating group) is 2. The molecule has 560 valence electrons. The Hall–Kier alpha value is -6.01. The molecule has 14 atom stereocenters. The number of nitrogens with two attached hydrogens (primary N) is 1. The first-order chi connectivity index (χ1) is 47.1.